The Hall–Kier alpha value is -1.56. The molecule has 1 rings (SSSR count). The molecular formula is C13H17FN2. The lowest BCUT2D eigenvalue weighted by Crippen LogP contribution is -2.11. The van der Waals surface area contributed by atoms with Crippen LogP contribution in [0.4, 0.5) is 10.1 Å². The minimum absolute atomic E-state index is 0.328. The molecule has 0 bridgehead atoms. The zero-order valence-corrected chi connectivity index (χ0v) is 9.97. The predicted molar refractivity (Wildman–Crippen MR) is 63.8 cm³/mol. The fraction of sp³-hybridized carbons (Fsp3) is 0.462. The highest BCUT2D eigenvalue weighted by atomic mass is 19.1. The molecule has 0 aromatic heterocycles. The Kier molecular flexibility index (Phi) is 4.30. The Balaban J connectivity index is 2.87. The van der Waals surface area contributed by atoms with E-state index in [4.69, 9.17) is 5.26 Å². The molecule has 3 heteroatoms. The Bertz CT molecular complexity index is 407. The molecule has 0 saturated heterocycles. The van der Waals surface area contributed by atoms with E-state index in [1.165, 1.54) is 6.07 Å². The van der Waals surface area contributed by atoms with Gasteiger partial charge in [0, 0.05) is 17.8 Å². The third-order valence-electron chi connectivity index (χ3n) is 2.81. The van der Waals surface area contributed by atoms with E-state index in [9.17, 15) is 4.39 Å². The Morgan fingerprint density at radius 1 is 1.50 bits per heavy atom. The molecule has 1 N–H and O–H groups in total. The van der Waals surface area contributed by atoms with Crippen molar-refractivity contribution >= 4 is 5.69 Å². The first kappa shape index (κ1) is 12.5. The SMILES string of the molecule is CCC(C)CNc1cc(C#N)cc(F)c1C. The van der Waals surface area contributed by atoms with Gasteiger partial charge in [0.15, 0.2) is 0 Å². The number of benzene rings is 1. The van der Waals surface area contributed by atoms with Gasteiger partial charge in [0.05, 0.1) is 11.6 Å². The van der Waals surface area contributed by atoms with Crippen molar-refractivity contribution in [3.8, 4) is 6.07 Å². The van der Waals surface area contributed by atoms with Gasteiger partial charge in [-0.1, -0.05) is 20.3 Å². The van der Waals surface area contributed by atoms with Crippen molar-refractivity contribution in [1.29, 1.82) is 5.26 Å². The van der Waals surface area contributed by atoms with Crippen LogP contribution in [0.3, 0.4) is 0 Å². The van der Waals surface area contributed by atoms with E-state index in [0.29, 0.717) is 17.0 Å². The molecule has 0 aliphatic carbocycles. The van der Waals surface area contributed by atoms with E-state index in [1.54, 1.807) is 13.0 Å². The van der Waals surface area contributed by atoms with E-state index in [-0.39, 0.29) is 5.82 Å². The van der Waals surface area contributed by atoms with Crippen LogP contribution < -0.4 is 5.32 Å². The van der Waals surface area contributed by atoms with Crippen molar-refractivity contribution in [2.45, 2.75) is 27.2 Å². The molecule has 2 nitrogen and oxygen atoms in total. The number of nitrogens with zero attached hydrogens (tertiary/aromatic N) is 1. The molecule has 1 aromatic carbocycles. The summed E-state index contributed by atoms with van der Waals surface area (Å²) >= 11 is 0. The summed E-state index contributed by atoms with van der Waals surface area (Å²) in [6.45, 7) is 6.76. The van der Waals surface area contributed by atoms with Gasteiger partial charge in [-0.25, -0.2) is 4.39 Å². The standard InChI is InChI=1S/C13H17FN2/c1-4-9(2)8-16-13-6-11(7-15)5-12(14)10(13)3/h5-6,9,16H,4,8H2,1-3H3. The molecule has 86 valence electrons. The van der Waals surface area contributed by atoms with E-state index in [1.807, 2.05) is 6.07 Å². The Morgan fingerprint density at radius 3 is 2.75 bits per heavy atom. The van der Waals surface area contributed by atoms with E-state index in [0.717, 1.165) is 18.7 Å². The second kappa shape index (κ2) is 5.50. The maximum Gasteiger partial charge on any atom is 0.129 e. The molecule has 0 amide bonds. The van der Waals surface area contributed by atoms with Gasteiger partial charge in [-0.2, -0.15) is 5.26 Å². The molecule has 0 saturated carbocycles. The lowest BCUT2D eigenvalue weighted by atomic mass is 10.1. The van der Waals surface area contributed by atoms with E-state index in [2.05, 4.69) is 19.2 Å². The molecular weight excluding hydrogens is 203 g/mol. The second-order valence-electron chi connectivity index (χ2n) is 4.14. The van der Waals surface area contributed by atoms with Crippen LogP contribution >= 0.6 is 0 Å². The highest BCUT2D eigenvalue weighted by Crippen LogP contribution is 2.20. The summed E-state index contributed by atoms with van der Waals surface area (Å²) < 4.78 is 13.4. The van der Waals surface area contributed by atoms with Crippen LogP contribution in [-0.2, 0) is 0 Å². The minimum Gasteiger partial charge on any atom is -0.384 e. The quantitative estimate of drug-likeness (QED) is 0.843. The maximum absolute atomic E-state index is 13.4. The Morgan fingerprint density at radius 2 is 2.19 bits per heavy atom. The van der Waals surface area contributed by atoms with Crippen LogP contribution in [0.1, 0.15) is 31.4 Å². The topological polar surface area (TPSA) is 35.8 Å². The van der Waals surface area contributed by atoms with Crippen LogP contribution in [0.25, 0.3) is 0 Å². The van der Waals surface area contributed by atoms with E-state index >= 15 is 0 Å². The van der Waals surface area contributed by atoms with Crippen molar-refractivity contribution in [3.63, 3.8) is 0 Å². The smallest absolute Gasteiger partial charge is 0.129 e. The molecule has 0 aliphatic rings. The highest BCUT2D eigenvalue weighted by Gasteiger charge is 2.07. The van der Waals surface area contributed by atoms with Crippen LogP contribution in [-0.4, -0.2) is 6.54 Å². The van der Waals surface area contributed by atoms with Crippen LogP contribution in [0.5, 0.6) is 0 Å². The van der Waals surface area contributed by atoms with Crippen LogP contribution in [0, 0.1) is 30.0 Å². The summed E-state index contributed by atoms with van der Waals surface area (Å²) in [7, 11) is 0. The van der Waals surface area contributed by atoms with Gasteiger partial charge in [0.25, 0.3) is 0 Å². The summed E-state index contributed by atoms with van der Waals surface area (Å²) in [5.74, 6) is 0.207. The van der Waals surface area contributed by atoms with Gasteiger partial charge < -0.3 is 5.32 Å². The summed E-state index contributed by atoms with van der Waals surface area (Å²) in [4.78, 5) is 0. The van der Waals surface area contributed by atoms with E-state index < -0.39 is 0 Å². The minimum atomic E-state index is -0.328. The molecule has 0 fully saturated rings. The third kappa shape index (κ3) is 2.96. The maximum atomic E-state index is 13.4. The average Bonchev–Trinajstić information content (AvgIpc) is 2.30. The van der Waals surface area contributed by atoms with Gasteiger partial charge in [0.1, 0.15) is 5.82 Å². The zero-order valence-electron chi connectivity index (χ0n) is 9.97. The lowest BCUT2D eigenvalue weighted by Gasteiger charge is -2.14. The van der Waals surface area contributed by atoms with Gasteiger partial charge in [-0.3, -0.25) is 0 Å². The van der Waals surface area contributed by atoms with Crippen LogP contribution in [0.15, 0.2) is 12.1 Å². The molecule has 16 heavy (non-hydrogen) atoms. The number of hydrogen-bond donors (Lipinski definition) is 1. The largest absolute Gasteiger partial charge is 0.384 e. The number of hydrogen-bond acceptors (Lipinski definition) is 2. The molecule has 0 aliphatic heterocycles. The molecule has 1 aromatic rings. The number of nitrogens with one attached hydrogen (secondary N) is 1. The average molecular weight is 220 g/mol. The van der Waals surface area contributed by atoms with Gasteiger partial charge in [-0.15, -0.1) is 0 Å². The lowest BCUT2D eigenvalue weighted by molar-refractivity contribution is 0.591. The predicted octanol–water partition coefficient (Wildman–Crippen LogP) is 3.46. The summed E-state index contributed by atoms with van der Waals surface area (Å²) in [6, 6.07) is 4.92. The molecule has 0 heterocycles. The first-order chi connectivity index (χ1) is 7.58. The summed E-state index contributed by atoms with van der Waals surface area (Å²) in [5, 5.41) is 11.9. The zero-order chi connectivity index (χ0) is 12.1. The molecule has 0 spiro atoms. The highest BCUT2D eigenvalue weighted by molar-refractivity contribution is 5.55. The van der Waals surface area contributed by atoms with Crippen molar-refractivity contribution in [2.75, 3.05) is 11.9 Å². The third-order valence-corrected chi connectivity index (χ3v) is 2.81. The van der Waals surface area contributed by atoms with Crippen molar-refractivity contribution in [2.24, 2.45) is 5.92 Å². The van der Waals surface area contributed by atoms with Gasteiger partial charge in [0.2, 0.25) is 0 Å². The number of anilines is 1. The van der Waals surface area contributed by atoms with Crippen LogP contribution in [0.2, 0.25) is 0 Å². The molecule has 1 atom stereocenters. The number of nitriles is 1. The summed E-state index contributed by atoms with van der Waals surface area (Å²) in [6.07, 6.45) is 1.08. The molecule has 1 unspecified atom stereocenters. The monoisotopic (exact) mass is 220 g/mol. The Labute approximate surface area is 96.1 Å². The number of halogens is 1. The van der Waals surface area contributed by atoms with Gasteiger partial charge >= 0.3 is 0 Å². The summed E-state index contributed by atoms with van der Waals surface area (Å²) in [5.41, 5.74) is 1.65. The fourth-order valence-corrected chi connectivity index (χ4v) is 1.36. The normalized spacial score (nSPS) is 11.9. The van der Waals surface area contributed by atoms with Crippen molar-refractivity contribution in [3.05, 3.63) is 29.1 Å². The number of rotatable bonds is 4. The fourth-order valence-electron chi connectivity index (χ4n) is 1.36. The first-order valence-corrected chi connectivity index (χ1v) is 5.52. The van der Waals surface area contributed by atoms with Gasteiger partial charge in [-0.05, 0) is 25.0 Å². The second-order valence-corrected chi connectivity index (χ2v) is 4.14. The first-order valence-electron chi connectivity index (χ1n) is 5.52. The molecule has 0 radical (unpaired) electrons. The van der Waals surface area contributed by atoms with Crippen molar-refractivity contribution in [1.82, 2.24) is 0 Å². The van der Waals surface area contributed by atoms with Crippen molar-refractivity contribution < 1.29 is 4.39 Å².